The van der Waals surface area contributed by atoms with Crippen molar-refractivity contribution in [3.05, 3.63) is 0 Å². The van der Waals surface area contributed by atoms with Crippen LogP contribution in [0, 0.1) is 0 Å². The Balaban J connectivity index is 0. The molecule has 4 heteroatoms. The molecule has 36 valence electrons. The van der Waals surface area contributed by atoms with E-state index < -0.39 is 0 Å². The Hall–Kier alpha value is 1.75. The summed E-state index contributed by atoms with van der Waals surface area (Å²) in [5.74, 6) is 0. The first kappa shape index (κ1) is 11.5. The summed E-state index contributed by atoms with van der Waals surface area (Å²) in [6.07, 6.45) is 0. The van der Waals surface area contributed by atoms with Gasteiger partial charge in [-0.25, -0.2) is 0 Å². The maximum atomic E-state index is 4.50. The Bertz CT molecular complexity index is 56.9. The van der Waals surface area contributed by atoms with Gasteiger partial charge in [-0.15, -0.1) is 0 Å². The van der Waals surface area contributed by atoms with Gasteiger partial charge in [0.2, 0.25) is 0 Å². The SMILES string of the molecule is CCNC(=S)[S-].[K+]. The van der Waals surface area contributed by atoms with E-state index in [1.807, 2.05) is 6.92 Å². The second kappa shape index (κ2) is 7.75. The van der Waals surface area contributed by atoms with Gasteiger partial charge in [0, 0.05) is 6.54 Å². The Labute approximate surface area is 97.5 Å². The van der Waals surface area contributed by atoms with Gasteiger partial charge >= 0.3 is 51.4 Å². The second-order valence-electron chi connectivity index (χ2n) is 0.818. The Morgan fingerprint density at radius 2 is 2.29 bits per heavy atom. The van der Waals surface area contributed by atoms with E-state index in [1.54, 1.807) is 0 Å². The molecule has 0 aliphatic carbocycles. The molecule has 0 saturated carbocycles. The molecule has 0 fully saturated rings. The monoisotopic (exact) mass is 159 g/mol. The first-order chi connectivity index (χ1) is 2.77. The molecule has 0 rings (SSSR count). The molecule has 0 aromatic carbocycles. The van der Waals surface area contributed by atoms with Gasteiger partial charge in [0.25, 0.3) is 0 Å². The largest absolute Gasteiger partial charge is 1.00 e. The fourth-order valence-electron chi connectivity index (χ4n) is 0.144. The zero-order valence-corrected chi connectivity index (χ0v) is 9.28. The quantitative estimate of drug-likeness (QED) is 0.257. The third-order valence-corrected chi connectivity index (χ3v) is 0.610. The van der Waals surface area contributed by atoms with Crippen LogP contribution in [0.1, 0.15) is 6.92 Å². The van der Waals surface area contributed by atoms with Gasteiger partial charge in [-0.1, -0.05) is 4.32 Å². The molecule has 7 heavy (non-hydrogen) atoms. The van der Waals surface area contributed by atoms with Crippen molar-refractivity contribution in [2.45, 2.75) is 6.92 Å². The summed E-state index contributed by atoms with van der Waals surface area (Å²) < 4.78 is 0.456. The van der Waals surface area contributed by atoms with Crippen LogP contribution in [0.4, 0.5) is 0 Å². The van der Waals surface area contributed by atoms with Gasteiger partial charge in [0.05, 0.1) is 0 Å². The molecule has 0 radical (unpaired) electrons. The minimum Gasteiger partial charge on any atom is -0.412 e. The Kier molecular flexibility index (Phi) is 12.8. The smallest absolute Gasteiger partial charge is 0.412 e. The Morgan fingerprint density at radius 3 is 2.29 bits per heavy atom. The summed E-state index contributed by atoms with van der Waals surface area (Å²) in [5.41, 5.74) is 0. The third kappa shape index (κ3) is 11.4. The average molecular weight is 159 g/mol. The minimum absolute atomic E-state index is 0. The summed E-state index contributed by atoms with van der Waals surface area (Å²) in [5, 5.41) is 2.75. The first-order valence-corrected chi connectivity index (χ1v) is 2.54. The van der Waals surface area contributed by atoms with Gasteiger partial charge in [0.15, 0.2) is 0 Å². The molecule has 0 unspecified atom stereocenters. The minimum atomic E-state index is 0. The number of thiocarbonyl (C=S) groups is 1. The molecular weight excluding hydrogens is 153 g/mol. The van der Waals surface area contributed by atoms with Crippen molar-refractivity contribution in [1.82, 2.24) is 5.32 Å². The normalized spacial score (nSPS) is 6.43. The second-order valence-corrected chi connectivity index (χ2v) is 1.89. The average Bonchev–Trinajstić information content (AvgIpc) is 1.35. The van der Waals surface area contributed by atoms with E-state index in [0.29, 0.717) is 4.32 Å². The van der Waals surface area contributed by atoms with Crippen molar-refractivity contribution >= 4 is 29.2 Å². The molecule has 0 amide bonds. The predicted molar refractivity (Wildman–Crippen MR) is 33.6 cm³/mol. The van der Waals surface area contributed by atoms with E-state index in [-0.39, 0.29) is 51.4 Å². The standard InChI is InChI=1S/C3H7NS2.K/c1-2-4-3(5)6;/h2H2,1H3,(H2,4,5,6);/q;+1/p-1. The van der Waals surface area contributed by atoms with Crippen LogP contribution < -0.4 is 56.7 Å². The van der Waals surface area contributed by atoms with Crippen molar-refractivity contribution in [3.63, 3.8) is 0 Å². The molecule has 0 spiro atoms. The van der Waals surface area contributed by atoms with Crippen molar-refractivity contribution < 1.29 is 51.4 Å². The Morgan fingerprint density at radius 1 is 1.86 bits per heavy atom. The zero-order valence-electron chi connectivity index (χ0n) is 4.52. The predicted octanol–water partition coefficient (Wildman–Crippen LogP) is -2.57. The molecular formula is C3H6KNS2. The molecule has 0 heterocycles. The summed E-state index contributed by atoms with van der Waals surface area (Å²) >= 11 is 9.00. The van der Waals surface area contributed by atoms with Crippen LogP contribution in [-0.4, -0.2) is 10.9 Å². The molecule has 0 aromatic rings. The fraction of sp³-hybridized carbons (Fsp3) is 0.667. The topological polar surface area (TPSA) is 12.0 Å². The number of nitrogens with one attached hydrogen (secondary N) is 1. The van der Waals surface area contributed by atoms with Crippen LogP contribution >= 0.6 is 12.2 Å². The molecule has 0 saturated heterocycles. The van der Waals surface area contributed by atoms with Crippen molar-refractivity contribution in [3.8, 4) is 0 Å². The van der Waals surface area contributed by atoms with E-state index in [0.717, 1.165) is 6.54 Å². The molecule has 1 N–H and O–H groups in total. The molecule has 0 atom stereocenters. The molecule has 0 aliphatic heterocycles. The molecule has 0 aliphatic rings. The van der Waals surface area contributed by atoms with E-state index in [9.17, 15) is 0 Å². The molecule has 0 bridgehead atoms. The van der Waals surface area contributed by atoms with Crippen LogP contribution in [0.25, 0.3) is 0 Å². The number of rotatable bonds is 1. The molecule has 1 nitrogen and oxygen atoms in total. The first-order valence-electron chi connectivity index (χ1n) is 1.72. The summed E-state index contributed by atoms with van der Waals surface area (Å²) in [4.78, 5) is 0. The van der Waals surface area contributed by atoms with E-state index in [1.165, 1.54) is 0 Å². The van der Waals surface area contributed by atoms with Gasteiger partial charge in [-0.2, -0.15) is 0 Å². The van der Waals surface area contributed by atoms with Crippen molar-refractivity contribution in [2.75, 3.05) is 6.54 Å². The maximum absolute atomic E-state index is 4.50. The van der Waals surface area contributed by atoms with E-state index >= 15 is 0 Å². The number of hydrogen-bond acceptors (Lipinski definition) is 2. The van der Waals surface area contributed by atoms with E-state index in [4.69, 9.17) is 0 Å². The zero-order chi connectivity index (χ0) is 4.99. The summed E-state index contributed by atoms with van der Waals surface area (Å²) in [7, 11) is 0. The van der Waals surface area contributed by atoms with E-state index in [2.05, 4.69) is 30.2 Å². The molecule has 0 aromatic heterocycles. The number of hydrogen-bond donors (Lipinski definition) is 1. The van der Waals surface area contributed by atoms with Gasteiger partial charge < -0.3 is 30.2 Å². The van der Waals surface area contributed by atoms with Crippen LogP contribution in [-0.2, 0) is 12.6 Å². The van der Waals surface area contributed by atoms with Crippen LogP contribution in [0.15, 0.2) is 0 Å². The summed E-state index contributed by atoms with van der Waals surface area (Å²) in [6.45, 7) is 2.79. The van der Waals surface area contributed by atoms with Crippen molar-refractivity contribution in [2.24, 2.45) is 0 Å². The van der Waals surface area contributed by atoms with Gasteiger partial charge in [-0.3, -0.25) is 0 Å². The van der Waals surface area contributed by atoms with Gasteiger partial charge in [0.1, 0.15) is 0 Å². The van der Waals surface area contributed by atoms with Gasteiger partial charge in [-0.05, 0) is 6.92 Å². The maximum Gasteiger partial charge on any atom is 1.00 e. The fourth-order valence-corrected chi connectivity index (χ4v) is 0.433. The van der Waals surface area contributed by atoms with Crippen LogP contribution in [0.5, 0.6) is 0 Å². The van der Waals surface area contributed by atoms with Crippen LogP contribution in [0.3, 0.4) is 0 Å². The summed E-state index contributed by atoms with van der Waals surface area (Å²) in [6, 6.07) is 0. The van der Waals surface area contributed by atoms with Crippen molar-refractivity contribution in [1.29, 1.82) is 0 Å². The van der Waals surface area contributed by atoms with Crippen LogP contribution in [0.2, 0.25) is 0 Å². The third-order valence-electron chi connectivity index (χ3n) is 0.321.